The smallest absolute Gasteiger partial charge is 2.00 e. The molecular weight excluding hydrogens is 142 g/mol. The summed E-state index contributed by atoms with van der Waals surface area (Å²) in [6, 6.07) is 0. The van der Waals surface area contributed by atoms with Crippen molar-refractivity contribution in [2.45, 2.75) is 0 Å². The number of rotatable bonds is 0. The van der Waals surface area contributed by atoms with Crippen LogP contribution in [0.15, 0.2) is 0 Å². The predicted octanol–water partition coefficient (Wildman–Crippen LogP) is -6.23. The molecule has 0 amide bonds. The van der Waals surface area contributed by atoms with Crippen molar-refractivity contribution in [2.24, 2.45) is 0 Å². The zero-order chi connectivity index (χ0) is 0. The van der Waals surface area contributed by atoms with Crippen molar-refractivity contribution in [3.63, 3.8) is 0 Å². The van der Waals surface area contributed by atoms with Gasteiger partial charge in [-0.3, -0.25) is 0 Å². The molecule has 2 nitrogen and oxygen atoms in total. The Balaban J connectivity index is 0. The van der Waals surface area contributed by atoms with Gasteiger partial charge in [0.1, 0.15) is 0 Å². The molecule has 0 spiro atoms. The molecule has 6 heteroatoms. The van der Waals surface area contributed by atoms with E-state index in [4.69, 9.17) is 0 Å². The Labute approximate surface area is 90.9 Å². The molecule has 0 bridgehead atoms. The van der Waals surface area contributed by atoms with Gasteiger partial charge in [0.25, 0.3) is 0 Å². The van der Waals surface area contributed by atoms with E-state index in [-0.39, 0.29) is 92.1 Å². The molecule has 0 aromatic carbocycles. The Morgan fingerprint density at radius 1 is 0.500 bits per heavy atom. The molecule has 0 saturated heterocycles. The van der Waals surface area contributed by atoms with Crippen LogP contribution in [-0.2, 0) is 54.4 Å². The maximum atomic E-state index is 0. The van der Waals surface area contributed by atoms with Crippen LogP contribution in [-0.4, -0.2) is 0 Å². The molecule has 0 aliphatic carbocycles. The van der Waals surface area contributed by atoms with Crippen molar-refractivity contribution >= 4 is 0 Å². The third-order valence-electron chi connectivity index (χ3n) is 0. The van der Waals surface area contributed by atoms with E-state index in [0.29, 0.717) is 0 Å². The molecule has 0 rings (SSSR count). The molecule has 0 aliphatic heterocycles. The van der Waals surface area contributed by atoms with E-state index in [2.05, 4.69) is 0 Å². The van der Waals surface area contributed by atoms with E-state index in [9.17, 15) is 0 Å². The molecule has 0 fully saturated rings. The second kappa shape index (κ2) is 49.9. The van der Waals surface area contributed by atoms with Gasteiger partial charge in [0.15, 0.2) is 0 Å². The third kappa shape index (κ3) is 31.1. The molecule has 0 atom stereocenters. The average molecular weight is 142 g/mol. The fourth-order valence-corrected chi connectivity index (χ4v) is 0. The summed E-state index contributed by atoms with van der Waals surface area (Å²) in [6.07, 6.45) is 0. The van der Waals surface area contributed by atoms with Gasteiger partial charge in [0.2, 0.25) is 0 Å². The Hall–Kier alpha value is 2.54. The maximum Gasteiger partial charge on any atom is 4.00 e. The number of hydrogen-bond acceptors (Lipinski definition) is 0. The minimum absolute atomic E-state index is 0. The Bertz CT molecular complexity index is 9.51. The standard InChI is InChI=1S/2Li.2O.2Ti/q2*+1;2*-2;2*+4. The fourth-order valence-electron chi connectivity index (χ4n) is 0. The molecule has 0 radical (unpaired) electrons. The molecule has 16 valence electrons. The summed E-state index contributed by atoms with van der Waals surface area (Å²) in [5.41, 5.74) is 0. The minimum Gasteiger partial charge on any atom is -2.00 e. The fraction of sp³-hybridized carbons (Fsp3) is 0. The van der Waals surface area contributed by atoms with Gasteiger partial charge in [0.05, 0.1) is 0 Å². The van der Waals surface area contributed by atoms with Gasteiger partial charge in [-0.05, 0) is 0 Å². The molecule has 0 heterocycles. The molecule has 0 aromatic heterocycles. The van der Waals surface area contributed by atoms with Gasteiger partial charge in [0, 0.05) is 0 Å². The first-order chi connectivity index (χ1) is 0. The van der Waals surface area contributed by atoms with Crippen LogP contribution in [0.3, 0.4) is 0 Å². The minimum atomic E-state index is 0. The predicted molar refractivity (Wildman–Crippen MR) is 1.37 cm³/mol. The van der Waals surface area contributed by atoms with Gasteiger partial charge in [-0.2, -0.15) is 0 Å². The summed E-state index contributed by atoms with van der Waals surface area (Å²) >= 11 is 0. The van der Waals surface area contributed by atoms with Crippen molar-refractivity contribution in [2.75, 3.05) is 0 Å². The molecule has 0 saturated carbocycles. The quantitative estimate of drug-likeness (QED) is 0.302. The zero-order valence-electron chi connectivity index (χ0n) is 3.82. The zero-order valence-corrected chi connectivity index (χ0v) is 6.94. The maximum absolute atomic E-state index is 0. The molecular formula is Li2O2Ti2+6. The van der Waals surface area contributed by atoms with Crippen molar-refractivity contribution in [3.05, 3.63) is 0 Å². The summed E-state index contributed by atoms with van der Waals surface area (Å²) in [5, 5.41) is 0. The van der Waals surface area contributed by atoms with Crippen molar-refractivity contribution in [1.82, 2.24) is 0 Å². The van der Waals surface area contributed by atoms with Crippen molar-refractivity contribution < 1.29 is 92.1 Å². The van der Waals surface area contributed by atoms with E-state index < -0.39 is 0 Å². The summed E-state index contributed by atoms with van der Waals surface area (Å²) in [5.74, 6) is 0. The van der Waals surface area contributed by atoms with Crippen LogP contribution in [0.25, 0.3) is 0 Å². The first-order valence-corrected chi connectivity index (χ1v) is 0. The van der Waals surface area contributed by atoms with Gasteiger partial charge in [-0.25, -0.2) is 0 Å². The molecule has 0 N–H and O–H groups in total. The van der Waals surface area contributed by atoms with E-state index in [1.165, 1.54) is 0 Å². The summed E-state index contributed by atoms with van der Waals surface area (Å²) in [6.45, 7) is 0. The second-order valence-electron chi connectivity index (χ2n) is 0. The first-order valence-electron chi connectivity index (χ1n) is 0. The van der Waals surface area contributed by atoms with Crippen LogP contribution in [0.4, 0.5) is 0 Å². The summed E-state index contributed by atoms with van der Waals surface area (Å²) in [7, 11) is 0. The van der Waals surface area contributed by atoms with Crippen LogP contribution < -0.4 is 37.7 Å². The molecule has 0 unspecified atom stereocenters. The van der Waals surface area contributed by atoms with Crippen LogP contribution in [0.2, 0.25) is 0 Å². The average Bonchev–Trinajstić information content (AvgIpc) is 0. The molecule has 6 heavy (non-hydrogen) atoms. The van der Waals surface area contributed by atoms with Crippen molar-refractivity contribution in [1.29, 1.82) is 0 Å². The molecule has 0 aliphatic rings. The van der Waals surface area contributed by atoms with Crippen LogP contribution in [0.5, 0.6) is 0 Å². The van der Waals surface area contributed by atoms with Crippen LogP contribution >= 0.6 is 0 Å². The Kier molecular flexibility index (Phi) is 625. The Morgan fingerprint density at radius 2 is 0.500 bits per heavy atom. The monoisotopic (exact) mass is 142 g/mol. The number of hydrogen-bond donors (Lipinski definition) is 0. The van der Waals surface area contributed by atoms with E-state index in [1.807, 2.05) is 0 Å². The van der Waals surface area contributed by atoms with Crippen molar-refractivity contribution in [3.8, 4) is 0 Å². The topological polar surface area (TPSA) is 57.0 Å². The van der Waals surface area contributed by atoms with Gasteiger partial charge in [-0.1, -0.05) is 0 Å². The van der Waals surface area contributed by atoms with E-state index >= 15 is 0 Å². The SMILES string of the molecule is [Li+].[Li+].[O-2].[O-2].[Ti+4].[Ti+4]. The Morgan fingerprint density at radius 3 is 0.500 bits per heavy atom. The van der Waals surface area contributed by atoms with Gasteiger partial charge in [-0.15, -0.1) is 0 Å². The van der Waals surface area contributed by atoms with Crippen LogP contribution in [0, 0.1) is 0 Å². The van der Waals surface area contributed by atoms with Gasteiger partial charge >= 0.3 is 81.2 Å². The normalized spacial score (nSPS) is 0. The third-order valence-corrected chi connectivity index (χ3v) is 0. The van der Waals surface area contributed by atoms with Crippen LogP contribution in [0.1, 0.15) is 0 Å². The first kappa shape index (κ1) is 75.2. The van der Waals surface area contributed by atoms with E-state index in [0.717, 1.165) is 0 Å². The van der Waals surface area contributed by atoms with E-state index in [1.54, 1.807) is 0 Å². The largest absolute Gasteiger partial charge is 4.00 e. The molecule has 0 aromatic rings. The second-order valence-corrected chi connectivity index (χ2v) is 0. The summed E-state index contributed by atoms with van der Waals surface area (Å²) in [4.78, 5) is 0. The summed E-state index contributed by atoms with van der Waals surface area (Å²) < 4.78 is 0. The van der Waals surface area contributed by atoms with Gasteiger partial charge < -0.3 is 11.0 Å².